The van der Waals surface area contributed by atoms with Crippen molar-refractivity contribution in [2.75, 3.05) is 12.3 Å². The standard InChI is InChI=1S/C29H34N4O12SSi/c1-18(45-47(2,3)4)25-23(31(26(25)35)27(36)28(37)43-16-19-5-9-21(10-6-19)32(39)40)15-24(34)46-14-13-30-29(38)44-17-20-7-11-22(12-8-20)33(41)42/h5-12,18,23,25H,13-17H2,1-4H3,(H,30,38)/t18-,23+,25-/m1/s1. The first-order valence-corrected chi connectivity index (χ1v) is 18.7. The average molecular weight is 691 g/mol. The van der Waals surface area contributed by atoms with Gasteiger partial charge in [-0.2, -0.15) is 0 Å². The molecule has 1 N–H and O–H groups in total. The van der Waals surface area contributed by atoms with Gasteiger partial charge in [-0.15, -0.1) is 0 Å². The number of benzene rings is 2. The van der Waals surface area contributed by atoms with Gasteiger partial charge in [0.15, 0.2) is 13.4 Å². The topological polar surface area (TPSA) is 215 Å². The number of β-lactam (4-membered cyclic amide) rings is 1. The molecule has 0 aromatic heterocycles. The minimum Gasteiger partial charge on any atom is -0.454 e. The number of carbonyl (C=O) groups is 5. The minimum atomic E-state index is -2.13. The maximum Gasteiger partial charge on any atom is 0.407 e. The van der Waals surface area contributed by atoms with Crippen LogP contribution in [0.4, 0.5) is 16.2 Å². The van der Waals surface area contributed by atoms with Crippen LogP contribution >= 0.6 is 11.8 Å². The van der Waals surface area contributed by atoms with Gasteiger partial charge in [0.1, 0.15) is 13.2 Å². The highest BCUT2D eigenvalue weighted by molar-refractivity contribution is 8.13. The van der Waals surface area contributed by atoms with Crippen molar-refractivity contribution < 1.29 is 47.7 Å². The second kappa shape index (κ2) is 16.2. The number of amides is 3. The molecule has 3 atom stereocenters. The lowest BCUT2D eigenvalue weighted by Gasteiger charge is -2.48. The summed E-state index contributed by atoms with van der Waals surface area (Å²) in [4.78, 5) is 84.7. The first-order chi connectivity index (χ1) is 22.1. The normalized spacial score (nSPS) is 16.4. The van der Waals surface area contributed by atoms with Crippen molar-refractivity contribution in [2.45, 2.75) is 58.3 Å². The number of rotatable bonds is 14. The number of nitrogens with one attached hydrogen (secondary N) is 1. The van der Waals surface area contributed by atoms with Crippen molar-refractivity contribution in [2.24, 2.45) is 5.92 Å². The van der Waals surface area contributed by atoms with Gasteiger partial charge in [0.2, 0.25) is 5.91 Å². The van der Waals surface area contributed by atoms with Gasteiger partial charge in [0, 0.05) is 43.0 Å². The van der Waals surface area contributed by atoms with E-state index in [2.05, 4.69) is 5.32 Å². The van der Waals surface area contributed by atoms with Crippen LogP contribution in [-0.2, 0) is 46.3 Å². The largest absolute Gasteiger partial charge is 0.454 e. The predicted octanol–water partition coefficient (Wildman–Crippen LogP) is 3.72. The van der Waals surface area contributed by atoms with Crippen molar-refractivity contribution in [3.8, 4) is 0 Å². The van der Waals surface area contributed by atoms with Crippen molar-refractivity contribution in [1.82, 2.24) is 10.2 Å². The third-order valence-electron chi connectivity index (χ3n) is 6.75. The van der Waals surface area contributed by atoms with Crippen LogP contribution in [0.25, 0.3) is 0 Å². The van der Waals surface area contributed by atoms with Gasteiger partial charge in [-0.05, 0) is 62.0 Å². The Morgan fingerprint density at radius 1 is 0.915 bits per heavy atom. The highest BCUT2D eigenvalue weighted by Crippen LogP contribution is 2.36. The fourth-order valence-corrected chi connectivity index (χ4v) is 6.65. The molecule has 0 bridgehead atoms. The van der Waals surface area contributed by atoms with Gasteiger partial charge in [-0.3, -0.25) is 39.5 Å². The Morgan fingerprint density at radius 2 is 1.43 bits per heavy atom. The molecule has 47 heavy (non-hydrogen) atoms. The van der Waals surface area contributed by atoms with E-state index in [1.54, 1.807) is 6.92 Å². The monoisotopic (exact) mass is 690 g/mol. The number of non-ortho nitro benzene ring substituents is 2. The lowest BCUT2D eigenvalue weighted by Crippen LogP contribution is -2.68. The van der Waals surface area contributed by atoms with E-state index in [4.69, 9.17) is 13.9 Å². The summed E-state index contributed by atoms with van der Waals surface area (Å²) in [5.41, 5.74) is 0.668. The molecular formula is C29H34N4O12SSi. The van der Waals surface area contributed by atoms with E-state index in [9.17, 15) is 44.2 Å². The van der Waals surface area contributed by atoms with E-state index >= 15 is 0 Å². The first kappa shape index (κ1) is 36.8. The van der Waals surface area contributed by atoms with E-state index in [1.165, 1.54) is 48.5 Å². The van der Waals surface area contributed by atoms with Gasteiger partial charge < -0.3 is 19.2 Å². The van der Waals surface area contributed by atoms with Gasteiger partial charge in [0.25, 0.3) is 11.4 Å². The lowest BCUT2D eigenvalue weighted by molar-refractivity contribution is -0.385. The van der Waals surface area contributed by atoms with Crippen LogP contribution < -0.4 is 5.32 Å². The molecule has 3 rings (SSSR count). The summed E-state index contributed by atoms with van der Waals surface area (Å²) in [7, 11) is -2.13. The Morgan fingerprint density at radius 3 is 1.91 bits per heavy atom. The number of hydrogen-bond donors (Lipinski definition) is 1. The Labute approximate surface area is 274 Å². The molecule has 1 saturated heterocycles. The summed E-state index contributed by atoms with van der Waals surface area (Å²) in [6.07, 6.45) is -1.67. The zero-order valence-corrected chi connectivity index (χ0v) is 27.9. The summed E-state index contributed by atoms with van der Waals surface area (Å²) >= 11 is 0.857. The second-order valence-corrected chi connectivity index (χ2v) is 17.0. The van der Waals surface area contributed by atoms with Crippen LogP contribution in [0.5, 0.6) is 0 Å². The average Bonchev–Trinajstić information content (AvgIpc) is 3.00. The molecule has 3 amide bonds. The molecule has 0 unspecified atom stereocenters. The number of likely N-dealkylation sites (tertiary alicyclic amines) is 1. The molecule has 1 aliphatic rings. The van der Waals surface area contributed by atoms with Crippen LogP contribution in [-0.4, -0.2) is 76.5 Å². The Kier molecular flexibility index (Phi) is 12.7. The molecule has 2 aromatic carbocycles. The number of hydrogen-bond acceptors (Lipinski definition) is 13. The van der Waals surface area contributed by atoms with Crippen molar-refractivity contribution in [3.63, 3.8) is 0 Å². The number of imide groups is 1. The number of esters is 1. The first-order valence-electron chi connectivity index (χ1n) is 14.3. The summed E-state index contributed by atoms with van der Waals surface area (Å²) in [6.45, 7) is 7.00. The van der Waals surface area contributed by atoms with Crippen molar-refractivity contribution in [3.05, 3.63) is 79.9 Å². The summed E-state index contributed by atoms with van der Waals surface area (Å²) in [5, 5.41) is 23.7. The molecular weight excluding hydrogens is 656 g/mol. The second-order valence-electron chi connectivity index (χ2n) is 11.4. The number of nitro groups is 2. The zero-order chi connectivity index (χ0) is 34.9. The maximum atomic E-state index is 13.1. The maximum absolute atomic E-state index is 13.1. The minimum absolute atomic E-state index is 0.0509. The smallest absolute Gasteiger partial charge is 0.407 e. The van der Waals surface area contributed by atoms with E-state index in [-0.39, 0.29) is 43.3 Å². The van der Waals surface area contributed by atoms with Crippen LogP contribution in [0.2, 0.25) is 19.6 Å². The Balaban J connectivity index is 1.53. The molecule has 0 saturated carbocycles. The summed E-state index contributed by atoms with van der Waals surface area (Å²) in [5.74, 6) is -3.95. The number of nitrogens with zero attached hydrogens (tertiary/aromatic N) is 3. The van der Waals surface area contributed by atoms with Crippen LogP contribution in [0, 0.1) is 26.1 Å². The number of alkyl carbamates (subject to hydrolysis) is 1. The lowest BCUT2D eigenvalue weighted by atomic mass is 9.81. The van der Waals surface area contributed by atoms with Crippen molar-refractivity contribution >= 4 is 60.4 Å². The molecule has 16 nitrogen and oxygen atoms in total. The molecule has 1 aliphatic heterocycles. The Bertz CT molecular complexity index is 1510. The van der Waals surface area contributed by atoms with Gasteiger partial charge in [-0.1, -0.05) is 11.8 Å². The Hall–Kier alpha value is -4.68. The number of ether oxygens (including phenoxy) is 2. The third-order valence-corrected chi connectivity index (χ3v) is 8.73. The van der Waals surface area contributed by atoms with E-state index in [1.807, 2.05) is 19.6 Å². The fraction of sp³-hybridized carbons (Fsp3) is 0.414. The zero-order valence-electron chi connectivity index (χ0n) is 26.0. The molecule has 2 aromatic rings. The van der Waals surface area contributed by atoms with Gasteiger partial charge in [0.05, 0.1) is 27.9 Å². The molecule has 0 radical (unpaired) electrons. The van der Waals surface area contributed by atoms with Crippen LogP contribution in [0.15, 0.2) is 48.5 Å². The van der Waals surface area contributed by atoms with Crippen LogP contribution in [0.3, 0.4) is 0 Å². The SMILES string of the molecule is C[C@@H](O[Si](C)(C)C)[C@H]1C(=O)N(C(=O)C(=O)OCc2ccc([N+](=O)[O-])cc2)[C@H]1CC(=O)SCCNC(=O)OCc1ccc([N+](=O)[O-])cc1. The number of carbonyl (C=O) groups excluding carboxylic acids is 5. The molecule has 0 aliphatic carbocycles. The van der Waals surface area contributed by atoms with Gasteiger partial charge >= 0.3 is 18.0 Å². The molecule has 1 heterocycles. The fourth-order valence-electron chi connectivity index (χ4n) is 4.66. The predicted molar refractivity (Wildman–Crippen MR) is 169 cm³/mol. The van der Waals surface area contributed by atoms with Crippen molar-refractivity contribution in [1.29, 1.82) is 0 Å². The summed E-state index contributed by atoms with van der Waals surface area (Å²) in [6, 6.07) is 9.69. The quantitative estimate of drug-likeness (QED) is 0.0570. The third kappa shape index (κ3) is 10.7. The van der Waals surface area contributed by atoms with Gasteiger partial charge in [-0.25, -0.2) is 9.59 Å². The summed E-state index contributed by atoms with van der Waals surface area (Å²) < 4.78 is 16.2. The van der Waals surface area contributed by atoms with E-state index in [0.29, 0.717) is 16.0 Å². The molecule has 252 valence electrons. The highest BCUT2D eigenvalue weighted by atomic mass is 32.2. The van der Waals surface area contributed by atoms with Crippen LogP contribution in [0.1, 0.15) is 24.5 Å². The molecule has 18 heteroatoms. The highest BCUT2D eigenvalue weighted by Gasteiger charge is 2.55. The molecule has 0 spiro atoms. The van der Waals surface area contributed by atoms with E-state index in [0.717, 1.165) is 11.8 Å². The number of nitro benzene ring substituents is 2. The number of thioether (sulfide) groups is 1. The van der Waals surface area contributed by atoms with E-state index < -0.39 is 65.2 Å². The molecule has 1 fully saturated rings.